The topological polar surface area (TPSA) is 23.3 Å². The van der Waals surface area contributed by atoms with Crippen molar-refractivity contribution >= 4 is 0 Å². The van der Waals surface area contributed by atoms with Gasteiger partial charge in [-0.1, -0.05) is 29.8 Å². The molecule has 0 spiro atoms. The van der Waals surface area contributed by atoms with Crippen LogP contribution < -0.4 is 5.32 Å². The smallest absolute Gasteiger partial charge is 0.0720 e. The quantitative estimate of drug-likeness (QED) is 0.741. The summed E-state index contributed by atoms with van der Waals surface area (Å²) in [5, 5.41) is 4.31. The predicted octanol–water partition coefficient (Wildman–Crippen LogP) is 2.28. The van der Waals surface area contributed by atoms with Gasteiger partial charge >= 0.3 is 0 Å². The van der Waals surface area contributed by atoms with Crippen LogP contribution in [-0.4, -0.2) is 19.2 Å². The minimum absolute atomic E-state index is 0.420. The number of aryl methyl sites for hydroxylation is 1. The SMILES string of the molecule is Cc1ccc(COC2CC[N]CC2)cc1. The normalized spacial score (nSPS) is 17.9. The number of benzene rings is 1. The summed E-state index contributed by atoms with van der Waals surface area (Å²) in [6, 6.07) is 8.55. The zero-order valence-corrected chi connectivity index (χ0v) is 9.28. The fourth-order valence-corrected chi connectivity index (χ4v) is 1.79. The molecule has 2 rings (SSSR count). The zero-order valence-electron chi connectivity index (χ0n) is 9.28. The maximum Gasteiger partial charge on any atom is 0.0720 e. The first kappa shape index (κ1) is 10.7. The largest absolute Gasteiger partial charge is 0.373 e. The molecule has 2 nitrogen and oxygen atoms in total. The highest BCUT2D eigenvalue weighted by atomic mass is 16.5. The number of hydrogen-bond donors (Lipinski definition) is 0. The average molecular weight is 204 g/mol. The van der Waals surface area contributed by atoms with Gasteiger partial charge in [0.05, 0.1) is 12.7 Å². The lowest BCUT2D eigenvalue weighted by Gasteiger charge is -2.21. The summed E-state index contributed by atoms with van der Waals surface area (Å²) in [6.07, 6.45) is 2.60. The Kier molecular flexibility index (Phi) is 3.75. The second-order valence-electron chi connectivity index (χ2n) is 4.17. The number of rotatable bonds is 3. The highest BCUT2D eigenvalue weighted by Gasteiger charge is 2.13. The molecule has 0 atom stereocenters. The van der Waals surface area contributed by atoms with E-state index < -0.39 is 0 Å². The molecule has 1 saturated heterocycles. The molecule has 1 aliphatic heterocycles. The molecular formula is C13H18NO. The Hall–Kier alpha value is -0.860. The van der Waals surface area contributed by atoms with Crippen molar-refractivity contribution < 1.29 is 4.74 Å². The van der Waals surface area contributed by atoms with Crippen LogP contribution in [0.5, 0.6) is 0 Å². The van der Waals surface area contributed by atoms with E-state index in [1.54, 1.807) is 0 Å². The summed E-state index contributed by atoms with van der Waals surface area (Å²) in [4.78, 5) is 0. The Morgan fingerprint density at radius 2 is 1.87 bits per heavy atom. The van der Waals surface area contributed by atoms with Crippen molar-refractivity contribution in [3.05, 3.63) is 35.4 Å². The number of hydrogen-bond acceptors (Lipinski definition) is 1. The van der Waals surface area contributed by atoms with Crippen LogP contribution in [0.2, 0.25) is 0 Å². The molecule has 0 N–H and O–H groups in total. The lowest BCUT2D eigenvalue weighted by molar-refractivity contribution is 0.0207. The standard InChI is InChI=1S/C13H18NO/c1-11-2-4-12(5-3-11)10-15-13-6-8-14-9-7-13/h2-5,13H,6-10H2,1H3. The summed E-state index contributed by atoms with van der Waals surface area (Å²) in [6.45, 7) is 4.79. The molecule has 0 aromatic heterocycles. The third kappa shape index (κ3) is 3.33. The molecule has 1 radical (unpaired) electrons. The van der Waals surface area contributed by atoms with Crippen LogP contribution in [0, 0.1) is 6.92 Å². The average Bonchev–Trinajstić information content (AvgIpc) is 2.30. The Morgan fingerprint density at radius 1 is 1.20 bits per heavy atom. The monoisotopic (exact) mass is 204 g/mol. The van der Waals surface area contributed by atoms with Crippen LogP contribution in [0.3, 0.4) is 0 Å². The van der Waals surface area contributed by atoms with E-state index in [1.807, 2.05) is 0 Å². The molecule has 1 fully saturated rings. The van der Waals surface area contributed by atoms with Crippen molar-refractivity contribution in [1.29, 1.82) is 0 Å². The highest BCUT2D eigenvalue weighted by molar-refractivity contribution is 5.20. The molecule has 15 heavy (non-hydrogen) atoms. The summed E-state index contributed by atoms with van der Waals surface area (Å²) in [5.74, 6) is 0. The first-order valence-electron chi connectivity index (χ1n) is 5.65. The van der Waals surface area contributed by atoms with Crippen LogP contribution >= 0.6 is 0 Å². The summed E-state index contributed by atoms with van der Waals surface area (Å²) in [7, 11) is 0. The molecule has 1 aromatic rings. The molecule has 0 bridgehead atoms. The van der Waals surface area contributed by atoms with Crippen LogP contribution in [0.15, 0.2) is 24.3 Å². The number of piperidine rings is 1. The molecular weight excluding hydrogens is 186 g/mol. The lowest BCUT2D eigenvalue weighted by atomic mass is 10.1. The van der Waals surface area contributed by atoms with Gasteiger partial charge in [0.1, 0.15) is 0 Å². The highest BCUT2D eigenvalue weighted by Crippen LogP contribution is 2.12. The van der Waals surface area contributed by atoms with Crippen molar-refractivity contribution in [2.75, 3.05) is 13.1 Å². The Labute approximate surface area is 91.6 Å². The maximum atomic E-state index is 5.85. The van der Waals surface area contributed by atoms with E-state index in [-0.39, 0.29) is 0 Å². The van der Waals surface area contributed by atoms with Gasteiger partial charge in [0.2, 0.25) is 0 Å². The summed E-state index contributed by atoms with van der Waals surface area (Å²) in [5.41, 5.74) is 2.57. The van der Waals surface area contributed by atoms with Crippen LogP contribution in [0.4, 0.5) is 0 Å². The fraction of sp³-hybridized carbons (Fsp3) is 0.538. The van der Waals surface area contributed by atoms with Crippen molar-refractivity contribution in [2.45, 2.75) is 32.5 Å². The molecule has 1 aliphatic rings. The van der Waals surface area contributed by atoms with Gasteiger partial charge in [-0.2, -0.15) is 0 Å². The molecule has 0 amide bonds. The van der Waals surface area contributed by atoms with Gasteiger partial charge in [-0.25, -0.2) is 5.32 Å². The molecule has 1 aromatic carbocycles. The van der Waals surface area contributed by atoms with E-state index in [9.17, 15) is 0 Å². The minimum Gasteiger partial charge on any atom is -0.373 e. The lowest BCUT2D eigenvalue weighted by Crippen LogP contribution is -2.28. The summed E-state index contributed by atoms with van der Waals surface area (Å²) >= 11 is 0. The minimum atomic E-state index is 0.420. The third-order valence-electron chi connectivity index (χ3n) is 2.82. The van der Waals surface area contributed by atoms with Gasteiger partial charge in [-0.05, 0) is 25.3 Å². The third-order valence-corrected chi connectivity index (χ3v) is 2.82. The van der Waals surface area contributed by atoms with Crippen molar-refractivity contribution in [2.24, 2.45) is 0 Å². The Balaban J connectivity index is 1.79. The second-order valence-corrected chi connectivity index (χ2v) is 4.17. The molecule has 81 valence electrons. The van der Waals surface area contributed by atoms with E-state index in [0.717, 1.165) is 32.5 Å². The zero-order chi connectivity index (χ0) is 10.5. The van der Waals surface area contributed by atoms with Gasteiger partial charge < -0.3 is 4.74 Å². The van der Waals surface area contributed by atoms with Crippen LogP contribution in [0.25, 0.3) is 0 Å². The molecule has 0 aliphatic carbocycles. The van der Waals surface area contributed by atoms with E-state index >= 15 is 0 Å². The molecule has 0 saturated carbocycles. The first-order valence-corrected chi connectivity index (χ1v) is 5.65. The van der Waals surface area contributed by atoms with E-state index in [4.69, 9.17) is 4.74 Å². The van der Waals surface area contributed by atoms with E-state index in [0.29, 0.717) is 6.10 Å². The number of nitrogens with zero attached hydrogens (tertiary/aromatic N) is 1. The fourth-order valence-electron chi connectivity index (χ4n) is 1.79. The van der Waals surface area contributed by atoms with Crippen molar-refractivity contribution in [3.8, 4) is 0 Å². The predicted molar refractivity (Wildman–Crippen MR) is 60.9 cm³/mol. The Bertz CT molecular complexity index is 288. The van der Waals surface area contributed by atoms with Gasteiger partial charge in [0.25, 0.3) is 0 Å². The molecule has 0 unspecified atom stereocenters. The van der Waals surface area contributed by atoms with Crippen molar-refractivity contribution in [1.82, 2.24) is 5.32 Å². The van der Waals surface area contributed by atoms with Gasteiger partial charge in [0.15, 0.2) is 0 Å². The van der Waals surface area contributed by atoms with E-state index in [2.05, 4.69) is 36.5 Å². The molecule has 2 heteroatoms. The Morgan fingerprint density at radius 3 is 2.53 bits per heavy atom. The number of ether oxygens (including phenoxy) is 1. The van der Waals surface area contributed by atoms with E-state index in [1.165, 1.54) is 11.1 Å². The van der Waals surface area contributed by atoms with Gasteiger partial charge in [0, 0.05) is 13.1 Å². The first-order chi connectivity index (χ1) is 7.34. The second kappa shape index (κ2) is 5.29. The maximum absolute atomic E-state index is 5.85. The van der Waals surface area contributed by atoms with Gasteiger partial charge in [-0.15, -0.1) is 0 Å². The van der Waals surface area contributed by atoms with Gasteiger partial charge in [-0.3, -0.25) is 0 Å². The molecule has 1 heterocycles. The summed E-state index contributed by atoms with van der Waals surface area (Å²) < 4.78 is 5.85. The van der Waals surface area contributed by atoms with Crippen LogP contribution in [-0.2, 0) is 11.3 Å². The van der Waals surface area contributed by atoms with Crippen molar-refractivity contribution in [3.63, 3.8) is 0 Å². The van der Waals surface area contributed by atoms with Crippen LogP contribution in [0.1, 0.15) is 24.0 Å².